The first kappa shape index (κ1) is 45.4. The molecule has 0 spiro atoms. The lowest BCUT2D eigenvalue weighted by atomic mass is 9.90. The second kappa shape index (κ2) is 36.2. The first-order chi connectivity index (χ1) is 22.2. The van der Waals surface area contributed by atoms with Crippen molar-refractivity contribution in [1.29, 1.82) is 0 Å². The van der Waals surface area contributed by atoms with Crippen LogP contribution in [0.1, 0.15) is 88.2 Å². The summed E-state index contributed by atoms with van der Waals surface area (Å²) in [4.78, 5) is 11.9. The van der Waals surface area contributed by atoms with Crippen LogP contribution in [0.3, 0.4) is 0 Å². The number of nitrogens with zero attached hydrogens (tertiary/aromatic N) is 1. The average molecular weight is 618 g/mol. The summed E-state index contributed by atoms with van der Waals surface area (Å²) in [7, 11) is 2.08. The zero-order valence-electron chi connectivity index (χ0n) is 28.0. The van der Waals surface area contributed by atoms with Gasteiger partial charge in [-0.3, -0.25) is 4.79 Å². The zero-order valence-corrected chi connectivity index (χ0v) is 28.0. The molecule has 4 nitrogen and oxygen atoms in total. The summed E-state index contributed by atoms with van der Waals surface area (Å²) in [6.07, 6.45) is 47.7. The van der Waals surface area contributed by atoms with E-state index in [1.165, 1.54) is 63.4 Å². The van der Waals surface area contributed by atoms with Gasteiger partial charge in [0.2, 0.25) is 6.41 Å². The van der Waals surface area contributed by atoms with Crippen molar-refractivity contribution in [2.45, 2.75) is 89.5 Å². The Kier molecular flexibility index (Phi) is 36.5. The number of quaternary nitrogens is 2. The predicted molar refractivity (Wildman–Crippen MR) is 192 cm³/mol. The van der Waals surface area contributed by atoms with Crippen molar-refractivity contribution < 1.29 is 19.8 Å². The molecule has 1 amide bonds. The molecule has 0 aromatic heterocycles. The Balaban J connectivity index is -0.000000529. The van der Waals surface area contributed by atoms with Gasteiger partial charge in [0.05, 0.1) is 26.2 Å². The summed E-state index contributed by atoms with van der Waals surface area (Å²) in [5.74, 6) is 0.404. The molecule has 2 aliphatic heterocycles. The van der Waals surface area contributed by atoms with Gasteiger partial charge in [0.15, 0.2) is 0 Å². The molecule has 246 valence electrons. The molecule has 1 saturated carbocycles. The van der Waals surface area contributed by atoms with Crippen LogP contribution < -0.4 is 10.6 Å². The Morgan fingerprint density at radius 3 is 1.60 bits per heavy atom. The van der Waals surface area contributed by atoms with E-state index in [1.54, 1.807) is 6.07 Å². The lowest BCUT2D eigenvalue weighted by Gasteiger charge is -2.21. The zero-order chi connectivity index (χ0) is 34.6. The number of likely N-dealkylation sites (tertiary alicyclic amines) is 1. The molecule has 5 heteroatoms. The standard InChI is InChI=1S/C14H21FN2.C6H11NO.C6H12.C6H6.4C2H2/c1-10(16-2)8-11-4-3-5-13(15)14(11)12-6-7-17-9-12;8-6-7-4-2-1-3-5-7;2*1-2-4-6-5-3-1;4*1-2/h3-5,10,12,16-17H,6-9H2,1-2H3;6H,1-5H2;1-6H2;1-6H;4*1-2H/p+2/t10-,12+;;;;;;;/m1......./s1. The summed E-state index contributed by atoms with van der Waals surface area (Å²) in [6, 6.07) is 18.1. The van der Waals surface area contributed by atoms with E-state index in [2.05, 4.69) is 82.1 Å². The van der Waals surface area contributed by atoms with Crippen molar-refractivity contribution in [3.05, 3.63) is 71.5 Å². The molecule has 0 unspecified atom stereocenters. The molecule has 0 bridgehead atoms. The van der Waals surface area contributed by atoms with Crippen LogP contribution in [0.5, 0.6) is 0 Å². The Hall–Kier alpha value is -4.00. The van der Waals surface area contributed by atoms with Crippen LogP contribution in [0, 0.1) is 57.2 Å². The van der Waals surface area contributed by atoms with Gasteiger partial charge in [-0.25, -0.2) is 4.39 Å². The molecule has 3 aliphatic rings. The first-order valence-electron chi connectivity index (χ1n) is 16.1. The normalized spacial score (nSPS) is 16.3. The van der Waals surface area contributed by atoms with E-state index in [0.717, 1.165) is 51.0 Å². The third-order valence-corrected chi connectivity index (χ3v) is 7.54. The van der Waals surface area contributed by atoms with Gasteiger partial charge in [0.25, 0.3) is 0 Å². The quantitative estimate of drug-likeness (QED) is 0.331. The molecule has 2 atom stereocenters. The number of carbonyl (C=O) groups excluding carboxylic acids is 1. The number of piperidine rings is 1. The highest BCUT2D eigenvalue weighted by atomic mass is 19.1. The lowest BCUT2D eigenvalue weighted by molar-refractivity contribution is -0.659. The second-order valence-corrected chi connectivity index (χ2v) is 10.6. The average Bonchev–Trinajstić information content (AvgIpc) is 3.69. The van der Waals surface area contributed by atoms with Crippen LogP contribution in [-0.2, 0) is 11.2 Å². The molecule has 2 heterocycles. The SMILES string of the molecule is C#C.C#C.C#C.C#C.C1CCCCC1.C[NH2+][C@H](C)Cc1cccc(F)c1[C@H]1CC[NH2+]C1.O=CN1CCCCC1.c1ccccc1. The number of halogens is 1. The van der Waals surface area contributed by atoms with Gasteiger partial charge >= 0.3 is 0 Å². The summed E-state index contributed by atoms with van der Waals surface area (Å²) >= 11 is 0. The van der Waals surface area contributed by atoms with Gasteiger partial charge in [-0.05, 0) is 37.8 Å². The third-order valence-electron chi connectivity index (χ3n) is 7.54. The number of likely N-dealkylation sites (N-methyl/N-ethyl adjacent to an activating group) is 1. The topological polar surface area (TPSA) is 53.5 Å². The number of terminal acetylenes is 4. The van der Waals surface area contributed by atoms with Crippen molar-refractivity contribution >= 4 is 6.41 Å². The van der Waals surface area contributed by atoms with Crippen molar-refractivity contribution in [3.63, 3.8) is 0 Å². The second-order valence-electron chi connectivity index (χ2n) is 10.6. The highest BCUT2D eigenvalue weighted by molar-refractivity contribution is 5.46. The highest BCUT2D eigenvalue weighted by Gasteiger charge is 2.26. The Morgan fingerprint density at radius 2 is 1.24 bits per heavy atom. The van der Waals surface area contributed by atoms with E-state index in [9.17, 15) is 9.18 Å². The fraction of sp³-hybridized carbons (Fsp3) is 0.475. The fourth-order valence-electron chi connectivity index (χ4n) is 5.17. The molecule has 45 heavy (non-hydrogen) atoms. The minimum absolute atomic E-state index is 0.00824. The summed E-state index contributed by atoms with van der Waals surface area (Å²) < 4.78 is 14.0. The summed E-state index contributed by atoms with van der Waals surface area (Å²) in [5, 5.41) is 4.48. The van der Waals surface area contributed by atoms with E-state index in [4.69, 9.17) is 0 Å². The number of amides is 1. The summed E-state index contributed by atoms with van der Waals surface area (Å²) in [5.41, 5.74) is 2.19. The fourth-order valence-corrected chi connectivity index (χ4v) is 5.17. The molecular formula is C40H60FN3O+2. The van der Waals surface area contributed by atoms with E-state index in [0.29, 0.717) is 12.0 Å². The molecule has 1 aliphatic carbocycles. The number of nitrogens with two attached hydrogens (primary N) is 2. The third kappa shape index (κ3) is 24.1. The Bertz CT molecular complexity index is 921. The molecule has 2 saturated heterocycles. The monoisotopic (exact) mass is 617 g/mol. The van der Waals surface area contributed by atoms with Gasteiger partial charge < -0.3 is 15.5 Å². The summed E-state index contributed by atoms with van der Waals surface area (Å²) in [6.45, 7) is 6.31. The number of rotatable bonds is 5. The van der Waals surface area contributed by atoms with Crippen LogP contribution in [0.2, 0.25) is 0 Å². The van der Waals surface area contributed by atoms with Gasteiger partial charge in [0.1, 0.15) is 5.82 Å². The first-order valence-corrected chi connectivity index (χ1v) is 16.1. The number of benzene rings is 2. The molecule has 4 N–H and O–H groups in total. The molecule has 2 aromatic rings. The van der Waals surface area contributed by atoms with Gasteiger partial charge in [-0.15, -0.1) is 51.4 Å². The smallest absolute Gasteiger partial charge is 0.209 e. The highest BCUT2D eigenvalue weighted by Crippen LogP contribution is 2.27. The largest absolute Gasteiger partial charge is 0.346 e. The molecular weight excluding hydrogens is 557 g/mol. The van der Waals surface area contributed by atoms with Crippen LogP contribution in [-0.4, -0.2) is 50.6 Å². The number of carbonyl (C=O) groups is 1. The van der Waals surface area contributed by atoms with E-state index >= 15 is 0 Å². The van der Waals surface area contributed by atoms with E-state index in [-0.39, 0.29) is 5.82 Å². The number of hydrogen-bond acceptors (Lipinski definition) is 1. The predicted octanol–water partition coefficient (Wildman–Crippen LogP) is 5.65. The maximum atomic E-state index is 14.0. The Morgan fingerprint density at radius 1 is 0.800 bits per heavy atom. The number of hydrogen-bond donors (Lipinski definition) is 2. The minimum Gasteiger partial charge on any atom is -0.346 e. The van der Waals surface area contributed by atoms with Crippen molar-refractivity contribution in [1.82, 2.24) is 4.90 Å². The van der Waals surface area contributed by atoms with Crippen molar-refractivity contribution in [2.75, 3.05) is 33.2 Å². The minimum atomic E-state index is -0.00824. The Labute approximate surface area is 276 Å². The van der Waals surface area contributed by atoms with Crippen LogP contribution in [0.25, 0.3) is 0 Å². The van der Waals surface area contributed by atoms with Gasteiger partial charge in [-0.2, -0.15) is 0 Å². The van der Waals surface area contributed by atoms with Gasteiger partial charge in [0, 0.05) is 37.4 Å². The maximum Gasteiger partial charge on any atom is 0.209 e. The van der Waals surface area contributed by atoms with Gasteiger partial charge in [-0.1, -0.05) is 87.1 Å². The molecule has 5 rings (SSSR count). The van der Waals surface area contributed by atoms with Crippen LogP contribution in [0.15, 0.2) is 54.6 Å². The van der Waals surface area contributed by atoms with Crippen LogP contribution in [0.4, 0.5) is 4.39 Å². The molecule has 0 radical (unpaired) electrons. The van der Waals surface area contributed by atoms with Crippen molar-refractivity contribution in [3.8, 4) is 51.4 Å². The van der Waals surface area contributed by atoms with E-state index in [1.807, 2.05) is 47.4 Å². The lowest BCUT2D eigenvalue weighted by Crippen LogP contribution is -2.85. The molecule has 3 fully saturated rings. The van der Waals surface area contributed by atoms with Crippen LogP contribution >= 0.6 is 0 Å². The van der Waals surface area contributed by atoms with Crippen molar-refractivity contribution in [2.24, 2.45) is 0 Å². The maximum absolute atomic E-state index is 14.0. The molecule has 2 aromatic carbocycles. The van der Waals surface area contributed by atoms with E-state index < -0.39 is 0 Å².